The van der Waals surface area contributed by atoms with E-state index in [0.717, 1.165) is 10.9 Å². The van der Waals surface area contributed by atoms with Crippen LogP contribution in [0.25, 0.3) is 22.0 Å². The summed E-state index contributed by atoms with van der Waals surface area (Å²) >= 11 is 0. The number of nitrogens with one attached hydrogen (secondary N) is 2. The number of sulfonamides is 1. The summed E-state index contributed by atoms with van der Waals surface area (Å²) in [6.45, 7) is 5.72. The van der Waals surface area contributed by atoms with Gasteiger partial charge >= 0.3 is 6.09 Å². The third kappa shape index (κ3) is 5.35. The number of hydrogen-bond donors (Lipinski definition) is 2. The molecule has 0 saturated heterocycles. The highest BCUT2D eigenvalue weighted by molar-refractivity contribution is 7.92. The Kier molecular flexibility index (Phi) is 6.37. The van der Waals surface area contributed by atoms with Gasteiger partial charge in [0.2, 0.25) is 10.0 Å². The van der Waals surface area contributed by atoms with Crippen LogP contribution in [0.15, 0.2) is 42.7 Å². The Balaban J connectivity index is 1.51. The van der Waals surface area contributed by atoms with Crippen molar-refractivity contribution in [2.24, 2.45) is 0 Å². The normalized spacial score (nSPS) is 14.5. The van der Waals surface area contributed by atoms with Crippen LogP contribution in [0.2, 0.25) is 0 Å². The molecule has 2 amide bonds. The molecule has 0 saturated carbocycles. The van der Waals surface area contributed by atoms with E-state index >= 15 is 0 Å². The molecule has 0 aliphatic carbocycles. The lowest BCUT2D eigenvalue weighted by molar-refractivity contribution is 0.0526. The maximum Gasteiger partial charge on any atom is 0.407 e. The van der Waals surface area contributed by atoms with Crippen molar-refractivity contribution in [3.8, 4) is 11.1 Å². The van der Waals surface area contributed by atoms with Crippen molar-refractivity contribution >= 4 is 38.6 Å². The van der Waals surface area contributed by atoms with E-state index in [-0.39, 0.29) is 30.4 Å². The van der Waals surface area contributed by atoms with E-state index in [0.29, 0.717) is 22.3 Å². The molecule has 184 valence electrons. The molecule has 3 heterocycles. The quantitative estimate of drug-likeness (QED) is 0.518. The van der Waals surface area contributed by atoms with Gasteiger partial charge in [0.25, 0.3) is 5.91 Å². The summed E-state index contributed by atoms with van der Waals surface area (Å²) in [7, 11) is -1.82. The number of amides is 2. The first-order valence-electron chi connectivity index (χ1n) is 11.0. The maximum atomic E-state index is 12.7. The summed E-state index contributed by atoms with van der Waals surface area (Å²) in [6, 6.07) is 8.78. The van der Waals surface area contributed by atoms with Crippen LogP contribution in [0.1, 0.15) is 36.8 Å². The molecule has 1 aliphatic rings. The van der Waals surface area contributed by atoms with Gasteiger partial charge in [-0.05, 0) is 56.2 Å². The van der Waals surface area contributed by atoms with Crippen LogP contribution in [-0.2, 0) is 20.5 Å². The first-order chi connectivity index (χ1) is 16.4. The van der Waals surface area contributed by atoms with Gasteiger partial charge in [0.1, 0.15) is 11.3 Å². The number of fused-ring (bicyclic) bond motifs is 2. The number of anilines is 1. The van der Waals surface area contributed by atoms with Crippen LogP contribution < -0.4 is 14.9 Å². The molecule has 11 heteroatoms. The molecular weight excluding hydrogens is 470 g/mol. The van der Waals surface area contributed by atoms with Crippen LogP contribution in [0.4, 0.5) is 10.5 Å². The highest BCUT2D eigenvalue weighted by Crippen LogP contribution is 2.36. The zero-order valence-electron chi connectivity index (χ0n) is 20.0. The molecule has 0 unspecified atom stereocenters. The van der Waals surface area contributed by atoms with Gasteiger partial charge in [-0.25, -0.2) is 18.2 Å². The number of alkyl carbamates (subject to hydrolysis) is 1. The molecule has 35 heavy (non-hydrogen) atoms. The highest BCUT2D eigenvalue weighted by atomic mass is 32.2. The molecule has 10 nitrogen and oxygen atoms in total. The number of pyridine rings is 2. The Morgan fingerprint density at radius 3 is 2.57 bits per heavy atom. The Labute approximate surface area is 203 Å². The molecule has 0 spiro atoms. The zero-order chi connectivity index (χ0) is 25.4. The molecule has 2 aromatic heterocycles. The zero-order valence-corrected chi connectivity index (χ0v) is 20.8. The number of carbonyl (C=O) groups is 2. The SMILES string of the molecule is CN1c2ccc(-c3cncc4ccc(C(=O)NCCNC(=O)OC(C)(C)C)nc34)cc2CS1(=O)=O. The van der Waals surface area contributed by atoms with E-state index in [4.69, 9.17) is 4.74 Å². The van der Waals surface area contributed by atoms with E-state index < -0.39 is 21.7 Å². The average molecular weight is 498 g/mol. The number of rotatable bonds is 5. The molecule has 0 atom stereocenters. The van der Waals surface area contributed by atoms with Gasteiger partial charge in [-0.15, -0.1) is 0 Å². The van der Waals surface area contributed by atoms with Crippen molar-refractivity contribution in [3.63, 3.8) is 0 Å². The van der Waals surface area contributed by atoms with Crippen LogP contribution in [0.5, 0.6) is 0 Å². The summed E-state index contributed by atoms with van der Waals surface area (Å²) in [5, 5.41) is 6.06. The average Bonchev–Trinajstić information content (AvgIpc) is 3.02. The van der Waals surface area contributed by atoms with Gasteiger partial charge in [0.15, 0.2) is 0 Å². The Morgan fingerprint density at radius 1 is 1.09 bits per heavy atom. The van der Waals surface area contributed by atoms with Crippen LogP contribution in [0.3, 0.4) is 0 Å². The number of ether oxygens (including phenoxy) is 1. The van der Waals surface area contributed by atoms with Gasteiger partial charge in [-0.3, -0.25) is 14.1 Å². The Bertz CT molecular complexity index is 1420. The van der Waals surface area contributed by atoms with Crippen LogP contribution >= 0.6 is 0 Å². The summed E-state index contributed by atoms with van der Waals surface area (Å²) in [5.41, 5.74) is 3.00. The van der Waals surface area contributed by atoms with E-state index in [9.17, 15) is 18.0 Å². The topological polar surface area (TPSA) is 131 Å². The minimum Gasteiger partial charge on any atom is -0.444 e. The molecule has 1 aliphatic heterocycles. The van der Waals surface area contributed by atoms with Gasteiger partial charge < -0.3 is 15.4 Å². The molecule has 3 aromatic rings. The van der Waals surface area contributed by atoms with Crippen molar-refractivity contribution in [3.05, 3.63) is 54.0 Å². The third-order valence-corrected chi connectivity index (χ3v) is 7.10. The van der Waals surface area contributed by atoms with E-state index in [1.165, 1.54) is 11.4 Å². The Morgan fingerprint density at radius 2 is 1.83 bits per heavy atom. The molecule has 0 fully saturated rings. The second-order valence-corrected chi connectivity index (χ2v) is 11.2. The molecule has 1 aromatic carbocycles. The number of carbonyl (C=O) groups excluding carboxylic acids is 2. The highest BCUT2D eigenvalue weighted by Gasteiger charge is 2.30. The summed E-state index contributed by atoms with van der Waals surface area (Å²) in [6.07, 6.45) is 2.75. The lowest BCUT2D eigenvalue weighted by Gasteiger charge is -2.19. The monoisotopic (exact) mass is 497 g/mol. The molecule has 2 N–H and O–H groups in total. The van der Waals surface area contributed by atoms with Gasteiger partial charge in [0.05, 0.1) is 17.0 Å². The van der Waals surface area contributed by atoms with E-state index in [2.05, 4.69) is 20.6 Å². The van der Waals surface area contributed by atoms with Crippen LogP contribution in [-0.4, -0.2) is 56.1 Å². The fourth-order valence-corrected chi connectivity index (χ4v) is 5.04. The number of hydrogen-bond acceptors (Lipinski definition) is 7. The fraction of sp³-hybridized carbons (Fsp3) is 0.333. The number of benzene rings is 1. The standard InChI is InChI=1S/C24H27N5O5S/c1-24(2,3)34-23(31)27-10-9-26-22(30)19-7-5-16-12-25-13-18(21(16)28-19)15-6-8-20-17(11-15)14-35(32,33)29(20)4/h5-8,11-13H,9-10,14H2,1-4H3,(H,26,30)(H,27,31). The lowest BCUT2D eigenvalue weighted by Crippen LogP contribution is -2.38. The predicted molar refractivity (Wildman–Crippen MR) is 133 cm³/mol. The largest absolute Gasteiger partial charge is 0.444 e. The molecule has 0 bridgehead atoms. The molecular formula is C24H27N5O5S. The van der Waals surface area contributed by atoms with Crippen molar-refractivity contribution in [2.45, 2.75) is 32.1 Å². The van der Waals surface area contributed by atoms with Gasteiger partial charge in [-0.2, -0.15) is 0 Å². The van der Waals surface area contributed by atoms with Crippen molar-refractivity contribution < 1.29 is 22.7 Å². The number of nitrogens with zero attached hydrogens (tertiary/aromatic N) is 3. The van der Waals surface area contributed by atoms with Gasteiger partial charge in [-0.1, -0.05) is 6.07 Å². The minimum atomic E-state index is -3.35. The third-order valence-electron chi connectivity index (χ3n) is 5.40. The molecule has 4 rings (SSSR count). The predicted octanol–water partition coefficient (Wildman–Crippen LogP) is 2.83. The van der Waals surface area contributed by atoms with Crippen molar-refractivity contribution in [1.29, 1.82) is 0 Å². The summed E-state index contributed by atoms with van der Waals surface area (Å²) < 4.78 is 30.9. The number of aromatic nitrogens is 2. The maximum absolute atomic E-state index is 12.7. The van der Waals surface area contributed by atoms with E-state index in [1.807, 2.05) is 12.1 Å². The minimum absolute atomic E-state index is 0.0662. The van der Waals surface area contributed by atoms with Gasteiger partial charge in [0, 0.05) is 43.5 Å². The molecule has 0 radical (unpaired) electrons. The van der Waals surface area contributed by atoms with Crippen LogP contribution in [0, 0.1) is 0 Å². The second kappa shape index (κ2) is 9.14. The lowest BCUT2D eigenvalue weighted by atomic mass is 10.0. The fourth-order valence-electron chi connectivity index (χ4n) is 3.75. The summed E-state index contributed by atoms with van der Waals surface area (Å²) in [5.74, 6) is -0.453. The second-order valence-electron chi connectivity index (χ2n) is 9.21. The Hall–Kier alpha value is -3.73. The van der Waals surface area contributed by atoms with Crippen molar-refractivity contribution in [2.75, 3.05) is 24.4 Å². The van der Waals surface area contributed by atoms with Crippen molar-refractivity contribution in [1.82, 2.24) is 20.6 Å². The smallest absolute Gasteiger partial charge is 0.407 e. The van der Waals surface area contributed by atoms with E-state index in [1.54, 1.807) is 51.4 Å². The summed E-state index contributed by atoms with van der Waals surface area (Å²) in [4.78, 5) is 33.2. The first-order valence-corrected chi connectivity index (χ1v) is 12.7. The first kappa shape index (κ1) is 24.4.